The molecular weight excluding hydrogens is 400 g/mol. The molecule has 0 aliphatic heterocycles. The number of aryl methyl sites for hydroxylation is 1. The highest BCUT2D eigenvalue weighted by Crippen LogP contribution is 2.34. The fourth-order valence-electron chi connectivity index (χ4n) is 3.34. The molecule has 0 fully saturated rings. The van der Waals surface area contributed by atoms with Crippen LogP contribution in [-0.2, 0) is 4.79 Å². The van der Waals surface area contributed by atoms with Gasteiger partial charge in [0.15, 0.2) is 0 Å². The summed E-state index contributed by atoms with van der Waals surface area (Å²) in [4.78, 5) is 26.0. The maximum atomic E-state index is 13.2. The topological polar surface area (TPSA) is 59.8 Å². The maximum absolute atomic E-state index is 13.2. The smallest absolute Gasteiger partial charge is 0.298 e. The second-order valence-electron chi connectivity index (χ2n) is 6.90. The van der Waals surface area contributed by atoms with Crippen molar-refractivity contribution in [2.24, 2.45) is 0 Å². The van der Waals surface area contributed by atoms with Crippen molar-refractivity contribution in [2.75, 3.05) is 12.4 Å². The Morgan fingerprint density at radius 1 is 1.00 bits per heavy atom. The molecule has 4 aromatic rings. The number of carbonyl (C=O) groups excluding carboxylic acids is 2. The van der Waals surface area contributed by atoms with E-state index in [-0.39, 0.29) is 5.69 Å². The number of Topliss-reactive ketones (excluding diaryl/α,β-unsaturated/α-hetero) is 1. The van der Waals surface area contributed by atoms with E-state index in [4.69, 9.17) is 16.3 Å². The predicted molar refractivity (Wildman–Crippen MR) is 119 cm³/mol. The fraction of sp³-hybridized carbons (Fsp3) is 0.0833. The Kier molecular flexibility index (Phi) is 5.29. The molecule has 0 saturated carbocycles. The van der Waals surface area contributed by atoms with Gasteiger partial charge in [-0.1, -0.05) is 41.4 Å². The van der Waals surface area contributed by atoms with Gasteiger partial charge in [-0.3, -0.25) is 9.59 Å². The lowest BCUT2D eigenvalue weighted by molar-refractivity contribution is -0.112. The van der Waals surface area contributed by atoms with Crippen LogP contribution in [0, 0.1) is 6.92 Å². The quantitative estimate of drug-likeness (QED) is 0.349. The number of carbonyl (C=O) groups is 2. The van der Waals surface area contributed by atoms with Crippen LogP contribution in [0.5, 0.6) is 5.75 Å². The van der Waals surface area contributed by atoms with Crippen LogP contribution in [0.3, 0.4) is 0 Å². The van der Waals surface area contributed by atoms with Crippen molar-refractivity contribution in [3.05, 3.63) is 89.2 Å². The van der Waals surface area contributed by atoms with E-state index < -0.39 is 11.7 Å². The first-order valence-electron chi connectivity index (χ1n) is 9.34. The van der Waals surface area contributed by atoms with Gasteiger partial charge in [-0.05, 0) is 55.0 Å². The van der Waals surface area contributed by atoms with E-state index in [9.17, 15) is 9.59 Å². The van der Waals surface area contributed by atoms with Crippen molar-refractivity contribution in [3.63, 3.8) is 0 Å². The number of anilines is 1. The number of nitrogens with zero attached hydrogens (tertiary/aromatic N) is 1. The molecule has 0 radical (unpaired) electrons. The molecule has 0 saturated heterocycles. The van der Waals surface area contributed by atoms with Crippen LogP contribution in [-0.4, -0.2) is 23.2 Å². The number of methoxy groups -OCH3 is 1. The van der Waals surface area contributed by atoms with E-state index >= 15 is 0 Å². The summed E-state index contributed by atoms with van der Waals surface area (Å²) in [6.07, 6.45) is 1.76. The molecule has 30 heavy (non-hydrogen) atoms. The lowest BCUT2D eigenvalue weighted by Gasteiger charge is -2.09. The third-order valence-electron chi connectivity index (χ3n) is 4.87. The minimum absolute atomic E-state index is 0.274. The lowest BCUT2D eigenvalue weighted by Crippen LogP contribution is -2.24. The first-order chi connectivity index (χ1) is 14.5. The number of ketones is 1. The van der Waals surface area contributed by atoms with Gasteiger partial charge in [0.05, 0.1) is 12.1 Å². The minimum Gasteiger partial charge on any atom is -0.495 e. The zero-order valence-electron chi connectivity index (χ0n) is 16.5. The van der Waals surface area contributed by atoms with Gasteiger partial charge in [0, 0.05) is 23.0 Å². The molecular formula is C24H19ClN2O3. The molecule has 2 heterocycles. The van der Waals surface area contributed by atoms with Gasteiger partial charge in [0.25, 0.3) is 11.7 Å². The average Bonchev–Trinajstić information content (AvgIpc) is 3.14. The molecule has 0 aliphatic rings. The minimum atomic E-state index is -0.705. The SMILES string of the molecule is COc1ccc(-c2cc3ccccn3c2C(=O)C(=O)Nc2ccc(C)cc2)cc1Cl. The Labute approximate surface area is 178 Å². The number of pyridine rings is 1. The monoisotopic (exact) mass is 418 g/mol. The molecule has 2 aromatic carbocycles. The summed E-state index contributed by atoms with van der Waals surface area (Å²) in [6.45, 7) is 1.95. The zero-order valence-corrected chi connectivity index (χ0v) is 17.2. The van der Waals surface area contributed by atoms with Gasteiger partial charge in [0.2, 0.25) is 0 Å². The standard InChI is InChI=1S/C24H19ClN2O3/c1-15-6-9-17(10-7-15)26-24(29)23(28)22-19(14-18-5-3-4-12-27(18)22)16-8-11-21(30-2)20(25)13-16/h3-14H,1-2H3,(H,26,29). The summed E-state index contributed by atoms with van der Waals surface area (Å²) in [5.74, 6) is -0.804. The highest BCUT2D eigenvalue weighted by Gasteiger charge is 2.25. The van der Waals surface area contributed by atoms with Crippen LogP contribution in [0.2, 0.25) is 5.02 Å². The number of amides is 1. The van der Waals surface area contributed by atoms with E-state index in [0.717, 1.165) is 16.6 Å². The molecule has 2 aromatic heterocycles. The van der Waals surface area contributed by atoms with Gasteiger partial charge in [-0.15, -0.1) is 0 Å². The average molecular weight is 419 g/mol. The third-order valence-corrected chi connectivity index (χ3v) is 5.17. The van der Waals surface area contributed by atoms with Crippen LogP contribution in [0.25, 0.3) is 16.6 Å². The normalized spacial score (nSPS) is 10.8. The Bertz CT molecular complexity index is 1260. The maximum Gasteiger partial charge on any atom is 0.298 e. The van der Waals surface area contributed by atoms with E-state index in [2.05, 4.69) is 5.32 Å². The fourth-order valence-corrected chi connectivity index (χ4v) is 3.60. The molecule has 6 heteroatoms. The molecule has 0 spiro atoms. The second-order valence-corrected chi connectivity index (χ2v) is 7.31. The molecule has 0 unspecified atom stereocenters. The third kappa shape index (κ3) is 3.67. The van der Waals surface area contributed by atoms with Gasteiger partial charge in [-0.2, -0.15) is 0 Å². The van der Waals surface area contributed by atoms with Crippen LogP contribution in [0.1, 0.15) is 16.1 Å². The molecule has 1 amide bonds. The number of aromatic nitrogens is 1. The first kappa shape index (κ1) is 19.7. The lowest BCUT2D eigenvalue weighted by atomic mass is 10.0. The summed E-state index contributed by atoms with van der Waals surface area (Å²) in [7, 11) is 1.54. The molecule has 0 aliphatic carbocycles. The second kappa shape index (κ2) is 8.05. The van der Waals surface area contributed by atoms with Crippen molar-refractivity contribution < 1.29 is 14.3 Å². The van der Waals surface area contributed by atoms with Crippen LogP contribution in [0.4, 0.5) is 5.69 Å². The van der Waals surface area contributed by atoms with Gasteiger partial charge in [-0.25, -0.2) is 0 Å². The number of benzene rings is 2. The number of nitrogens with one attached hydrogen (secondary N) is 1. The van der Waals surface area contributed by atoms with E-state index in [1.807, 2.05) is 49.4 Å². The summed E-state index contributed by atoms with van der Waals surface area (Å²) in [5.41, 5.74) is 4.04. The summed E-state index contributed by atoms with van der Waals surface area (Å²) in [5, 5.41) is 3.11. The van der Waals surface area contributed by atoms with Gasteiger partial charge in [0.1, 0.15) is 11.4 Å². The molecule has 4 rings (SSSR count). The van der Waals surface area contributed by atoms with Crippen molar-refractivity contribution in [1.29, 1.82) is 0 Å². The Hall–Kier alpha value is -3.57. The van der Waals surface area contributed by atoms with Crippen LogP contribution >= 0.6 is 11.6 Å². The van der Waals surface area contributed by atoms with Gasteiger partial charge >= 0.3 is 0 Å². The van der Waals surface area contributed by atoms with Crippen molar-refractivity contribution in [2.45, 2.75) is 6.92 Å². The Morgan fingerprint density at radius 2 is 1.77 bits per heavy atom. The van der Waals surface area contributed by atoms with E-state index in [1.54, 1.807) is 34.9 Å². The number of hydrogen-bond acceptors (Lipinski definition) is 3. The van der Waals surface area contributed by atoms with Crippen LogP contribution < -0.4 is 10.1 Å². The predicted octanol–water partition coefficient (Wildman–Crippen LogP) is 5.40. The van der Waals surface area contributed by atoms with Crippen molar-refractivity contribution in [3.8, 4) is 16.9 Å². The number of halogens is 1. The molecule has 0 bridgehead atoms. The van der Waals surface area contributed by atoms with E-state index in [1.165, 1.54) is 7.11 Å². The zero-order chi connectivity index (χ0) is 21.3. The first-order valence-corrected chi connectivity index (χ1v) is 9.72. The van der Waals surface area contributed by atoms with Crippen molar-refractivity contribution in [1.82, 2.24) is 4.40 Å². The van der Waals surface area contributed by atoms with Gasteiger partial charge < -0.3 is 14.5 Å². The number of fused-ring (bicyclic) bond motifs is 1. The molecule has 0 atom stereocenters. The Morgan fingerprint density at radius 3 is 2.47 bits per heavy atom. The summed E-state index contributed by atoms with van der Waals surface area (Å²) < 4.78 is 6.93. The molecule has 5 nitrogen and oxygen atoms in total. The van der Waals surface area contributed by atoms with Crippen molar-refractivity contribution >= 4 is 34.5 Å². The number of ether oxygens (including phenoxy) is 1. The molecule has 1 N–H and O–H groups in total. The Balaban J connectivity index is 1.78. The largest absolute Gasteiger partial charge is 0.495 e. The summed E-state index contributed by atoms with van der Waals surface area (Å²) >= 11 is 6.30. The highest BCUT2D eigenvalue weighted by molar-refractivity contribution is 6.47. The highest BCUT2D eigenvalue weighted by atomic mass is 35.5. The van der Waals surface area contributed by atoms with E-state index in [0.29, 0.717) is 22.0 Å². The van der Waals surface area contributed by atoms with Crippen LogP contribution in [0.15, 0.2) is 72.9 Å². The molecule has 150 valence electrons. The number of hydrogen-bond donors (Lipinski definition) is 1. The number of rotatable bonds is 5. The summed E-state index contributed by atoms with van der Waals surface area (Å²) in [6, 6.07) is 20.0.